The van der Waals surface area contributed by atoms with Gasteiger partial charge in [-0.05, 0) is 30.9 Å². The van der Waals surface area contributed by atoms with Crippen LogP contribution in [-0.4, -0.2) is 11.5 Å². The molecule has 1 aliphatic carbocycles. The van der Waals surface area contributed by atoms with E-state index in [4.69, 9.17) is 0 Å². The molecule has 2 unspecified atom stereocenters. The summed E-state index contributed by atoms with van der Waals surface area (Å²) < 4.78 is 0. The van der Waals surface area contributed by atoms with Crippen LogP contribution in [0.15, 0.2) is 0 Å². The van der Waals surface area contributed by atoms with Gasteiger partial charge in [0.25, 0.3) is 0 Å². The number of thiol groups is 1. The third-order valence-corrected chi connectivity index (χ3v) is 2.32. The first kappa shape index (κ1) is 7.13. The van der Waals surface area contributed by atoms with Crippen LogP contribution in [0.1, 0.15) is 19.8 Å². The molecule has 2 heteroatoms. The second-order valence-electron chi connectivity index (χ2n) is 2.84. The van der Waals surface area contributed by atoms with Gasteiger partial charge < -0.3 is 4.79 Å². The molecule has 0 aromatic heterocycles. The van der Waals surface area contributed by atoms with Crippen molar-refractivity contribution in [3.8, 4) is 0 Å². The van der Waals surface area contributed by atoms with E-state index in [0.29, 0.717) is 11.7 Å². The maximum atomic E-state index is 10.5. The highest BCUT2D eigenvalue weighted by molar-refractivity contribution is 7.80. The molecule has 1 fully saturated rings. The van der Waals surface area contributed by atoms with Crippen molar-refractivity contribution in [1.82, 2.24) is 0 Å². The molecule has 1 nitrogen and oxygen atoms in total. The minimum Gasteiger partial charge on any atom is -0.300 e. The summed E-state index contributed by atoms with van der Waals surface area (Å²) in [6, 6.07) is 0. The van der Waals surface area contributed by atoms with Crippen molar-refractivity contribution in [2.24, 2.45) is 11.8 Å². The molecular weight excluding hydrogens is 132 g/mol. The first-order chi connectivity index (χ1) is 4.24. The Labute approximate surface area is 61.2 Å². The summed E-state index contributed by atoms with van der Waals surface area (Å²) in [5.41, 5.74) is 0. The summed E-state index contributed by atoms with van der Waals surface area (Å²) in [7, 11) is 0. The smallest absolute Gasteiger partial charge is 0.130 e. The van der Waals surface area contributed by atoms with E-state index in [-0.39, 0.29) is 0 Å². The zero-order valence-electron chi connectivity index (χ0n) is 5.63. The summed E-state index contributed by atoms with van der Waals surface area (Å²) in [5, 5.41) is 0. The number of carbonyl (C=O) groups excluding carboxylic acids is 1. The fourth-order valence-electron chi connectivity index (χ4n) is 1.15. The van der Waals surface area contributed by atoms with Crippen LogP contribution in [0.5, 0.6) is 0 Å². The molecule has 1 rings (SSSR count). The topological polar surface area (TPSA) is 17.1 Å². The van der Waals surface area contributed by atoms with Gasteiger partial charge in [0.1, 0.15) is 5.78 Å². The lowest BCUT2D eigenvalue weighted by Gasteiger charge is -1.89. The van der Waals surface area contributed by atoms with Crippen LogP contribution < -0.4 is 0 Å². The number of hydrogen-bond acceptors (Lipinski definition) is 2. The van der Waals surface area contributed by atoms with Crippen molar-refractivity contribution >= 4 is 18.4 Å². The van der Waals surface area contributed by atoms with Gasteiger partial charge in [0.15, 0.2) is 0 Å². The van der Waals surface area contributed by atoms with Crippen molar-refractivity contribution in [2.45, 2.75) is 19.8 Å². The van der Waals surface area contributed by atoms with Gasteiger partial charge in [-0.3, -0.25) is 0 Å². The second kappa shape index (κ2) is 2.74. The zero-order valence-corrected chi connectivity index (χ0v) is 6.53. The van der Waals surface area contributed by atoms with Crippen LogP contribution in [0, 0.1) is 11.8 Å². The molecule has 52 valence electrons. The molecule has 2 atom stereocenters. The third-order valence-electron chi connectivity index (χ3n) is 1.85. The van der Waals surface area contributed by atoms with Crippen LogP contribution >= 0.6 is 12.6 Å². The molecule has 1 aliphatic rings. The normalized spacial score (nSPS) is 32.2. The number of Topliss-reactive ketones (excluding diaryl/α,β-unsaturated/α-hetero) is 1. The Morgan fingerprint density at radius 1 is 1.67 bits per heavy atom. The summed E-state index contributed by atoms with van der Waals surface area (Å²) in [4.78, 5) is 10.5. The maximum Gasteiger partial charge on any atom is 0.130 e. The van der Waals surface area contributed by atoms with Gasteiger partial charge in [0.2, 0.25) is 0 Å². The number of ketones is 1. The molecule has 0 N–H and O–H groups in total. The highest BCUT2D eigenvalue weighted by Gasteiger charge is 2.35. The Balaban J connectivity index is 2.12. The Hall–Kier alpha value is 0.0200. The average molecular weight is 144 g/mol. The molecule has 0 radical (unpaired) electrons. The number of hydrogen-bond donors (Lipinski definition) is 1. The predicted molar refractivity (Wildman–Crippen MR) is 40.7 cm³/mol. The van der Waals surface area contributed by atoms with E-state index in [0.717, 1.165) is 18.1 Å². The minimum absolute atomic E-state index is 0.323. The molecule has 1 saturated carbocycles. The molecule has 0 amide bonds. The van der Waals surface area contributed by atoms with E-state index < -0.39 is 0 Å². The fraction of sp³-hybridized carbons (Fsp3) is 0.857. The Bertz CT molecular complexity index is 122. The van der Waals surface area contributed by atoms with Crippen LogP contribution in [0.4, 0.5) is 0 Å². The van der Waals surface area contributed by atoms with Crippen molar-refractivity contribution < 1.29 is 4.79 Å². The average Bonchev–Trinajstić information content (AvgIpc) is 2.45. The fourth-order valence-corrected chi connectivity index (χ4v) is 1.60. The standard InChI is InChI=1S/C7H12OS/c1-5(8)2-6-3-7(6)4-9/h6-7,9H,2-4H2,1H3. The first-order valence-electron chi connectivity index (χ1n) is 3.34. The van der Waals surface area contributed by atoms with Crippen LogP contribution in [-0.2, 0) is 4.79 Å². The van der Waals surface area contributed by atoms with Crippen LogP contribution in [0.3, 0.4) is 0 Å². The highest BCUT2D eigenvalue weighted by Crippen LogP contribution is 2.41. The first-order valence-corrected chi connectivity index (χ1v) is 3.97. The monoisotopic (exact) mass is 144 g/mol. The highest BCUT2D eigenvalue weighted by atomic mass is 32.1. The molecule has 0 bridgehead atoms. The molecule has 9 heavy (non-hydrogen) atoms. The van der Waals surface area contributed by atoms with Crippen molar-refractivity contribution in [3.63, 3.8) is 0 Å². The molecule has 0 aromatic rings. The summed E-state index contributed by atoms with van der Waals surface area (Å²) in [5.74, 6) is 2.71. The van der Waals surface area contributed by atoms with E-state index in [2.05, 4.69) is 12.6 Å². The van der Waals surface area contributed by atoms with E-state index >= 15 is 0 Å². The minimum atomic E-state index is 0.323. The maximum absolute atomic E-state index is 10.5. The van der Waals surface area contributed by atoms with Gasteiger partial charge in [0, 0.05) is 6.42 Å². The Morgan fingerprint density at radius 2 is 2.33 bits per heavy atom. The van der Waals surface area contributed by atoms with Gasteiger partial charge in [-0.2, -0.15) is 12.6 Å². The lowest BCUT2D eigenvalue weighted by molar-refractivity contribution is -0.117. The predicted octanol–water partition coefficient (Wildman–Crippen LogP) is 1.53. The van der Waals surface area contributed by atoms with Gasteiger partial charge in [-0.25, -0.2) is 0 Å². The van der Waals surface area contributed by atoms with E-state index in [9.17, 15) is 4.79 Å². The van der Waals surface area contributed by atoms with Crippen molar-refractivity contribution in [1.29, 1.82) is 0 Å². The largest absolute Gasteiger partial charge is 0.300 e. The second-order valence-corrected chi connectivity index (χ2v) is 3.21. The molecule has 0 heterocycles. The van der Waals surface area contributed by atoms with Crippen LogP contribution in [0.2, 0.25) is 0 Å². The zero-order chi connectivity index (χ0) is 6.85. The lowest BCUT2D eigenvalue weighted by atomic mass is 10.2. The van der Waals surface area contributed by atoms with Gasteiger partial charge in [0.05, 0.1) is 0 Å². The summed E-state index contributed by atoms with van der Waals surface area (Å²) >= 11 is 4.15. The quantitative estimate of drug-likeness (QED) is 0.594. The third kappa shape index (κ3) is 2.01. The Kier molecular flexibility index (Phi) is 2.17. The lowest BCUT2D eigenvalue weighted by Crippen LogP contribution is -1.93. The molecule has 0 spiro atoms. The number of carbonyl (C=O) groups is 1. The summed E-state index contributed by atoms with van der Waals surface area (Å²) in [6.07, 6.45) is 2.01. The number of rotatable bonds is 3. The van der Waals surface area contributed by atoms with E-state index in [1.807, 2.05) is 0 Å². The van der Waals surface area contributed by atoms with Crippen molar-refractivity contribution in [3.05, 3.63) is 0 Å². The van der Waals surface area contributed by atoms with Gasteiger partial charge >= 0.3 is 0 Å². The molecular formula is C7H12OS. The molecule has 0 aromatic carbocycles. The Morgan fingerprint density at radius 3 is 2.67 bits per heavy atom. The van der Waals surface area contributed by atoms with E-state index in [1.54, 1.807) is 6.92 Å². The van der Waals surface area contributed by atoms with Crippen LogP contribution in [0.25, 0.3) is 0 Å². The summed E-state index contributed by atoms with van der Waals surface area (Å²) in [6.45, 7) is 1.66. The van der Waals surface area contributed by atoms with Crippen molar-refractivity contribution in [2.75, 3.05) is 5.75 Å². The SMILES string of the molecule is CC(=O)CC1CC1CS. The van der Waals surface area contributed by atoms with Gasteiger partial charge in [-0.1, -0.05) is 0 Å². The molecule has 0 aliphatic heterocycles. The van der Waals surface area contributed by atoms with E-state index in [1.165, 1.54) is 6.42 Å². The van der Waals surface area contributed by atoms with Gasteiger partial charge in [-0.15, -0.1) is 0 Å². The molecule has 0 saturated heterocycles.